The van der Waals surface area contributed by atoms with E-state index in [-0.39, 0.29) is 19.1 Å². The maximum absolute atomic E-state index is 15.6. The maximum Gasteiger partial charge on any atom is 0.407 e. The largest absolute Gasteiger partial charge is 0.480 e. The van der Waals surface area contributed by atoms with Crippen LogP contribution in [0, 0.1) is 5.92 Å². The smallest absolute Gasteiger partial charge is 0.407 e. The van der Waals surface area contributed by atoms with Gasteiger partial charge in [-0.2, -0.15) is 8.78 Å². The average Bonchev–Trinajstić information content (AvgIpc) is 3.72. The Hall–Kier alpha value is -4.27. The van der Waals surface area contributed by atoms with Crippen LogP contribution in [-0.2, 0) is 20.9 Å². The highest BCUT2D eigenvalue weighted by molar-refractivity contribution is 5.88. The molecule has 2 amide bonds. The molecule has 5 rings (SSSR count). The van der Waals surface area contributed by atoms with Crippen molar-refractivity contribution in [3.8, 4) is 11.1 Å². The Balaban J connectivity index is 1.29. The van der Waals surface area contributed by atoms with Gasteiger partial charge in [0.25, 0.3) is 5.91 Å². The molecule has 3 aromatic rings. The molecule has 7 nitrogen and oxygen atoms in total. The lowest BCUT2D eigenvalue weighted by Gasteiger charge is -2.31. The number of hydrogen-bond acceptors (Lipinski definition) is 4. The van der Waals surface area contributed by atoms with Gasteiger partial charge >= 0.3 is 18.0 Å². The van der Waals surface area contributed by atoms with Gasteiger partial charge in [0, 0.05) is 12.5 Å². The lowest BCUT2D eigenvalue weighted by atomic mass is 9.98. The van der Waals surface area contributed by atoms with E-state index in [0.29, 0.717) is 23.3 Å². The molecule has 9 heteroatoms. The summed E-state index contributed by atoms with van der Waals surface area (Å²) in [6.45, 7) is -1.26. The van der Waals surface area contributed by atoms with Crippen molar-refractivity contribution < 1.29 is 33.0 Å². The molecule has 0 saturated heterocycles. The fourth-order valence-corrected chi connectivity index (χ4v) is 5.21. The number of carbonyl (C=O) groups excluding carboxylic acids is 2. The quantitative estimate of drug-likeness (QED) is 0.380. The second-order valence-electron chi connectivity index (χ2n) is 9.95. The Morgan fingerprint density at radius 2 is 1.49 bits per heavy atom. The highest BCUT2D eigenvalue weighted by atomic mass is 19.3. The van der Waals surface area contributed by atoms with Gasteiger partial charge in [-0.05, 0) is 46.6 Å². The van der Waals surface area contributed by atoms with Crippen molar-refractivity contribution in [1.82, 2.24) is 10.2 Å². The number of benzene rings is 3. The fourth-order valence-electron chi connectivity index (χ4n) is 5.21. The summed E-state index contributed by atoms with van der Waals surface area (Å²) in [6.07, 6.45) is -0.224. The molecule has 0 bridgehead atoms. The molecular formula is C30H28F2N2O5. The summed E-state index contributed by atoms with van der Waals surface area (Å²) in [5.41, 5.74) is 4.54. The summed E-state index contributed by atoms with van der Waals surface area (Å²) in [4.78, 5) is 37.8. The van der Waals surface area contributed by atoms with Crippen LogP contribution in [0.15, 0.2) is 78.9 Å². The first-order valence-electron chi connectivity index (χ1n) is 12.8. The number of carbonyl (C=O) groups is 3. The molecule has 0 radical (unpaired) electrons. The number of nitrogens with zero attached hydrogens (tertiary/aromatic N) is 1. The lowest BCUT2D eigenvalue weighted by Crippen LogP contribution is -2.58. The summed E-state index contributed by atoms with van der Waals surface area (Å²) < 4.78 is 36.7. The average molecular weight is 535 g/mol. The van der Waals surface area contributed by atoms with Crippen molar-refractivity contribution in [3.05, 3.63) is 95.6 Å². The van der Waals surface area contributed by atoms with Crippen LogP contribution >= 0.6 is 0 Å². The minimum atomic E-state index is -4.03. The van der Waals surface area contributed by atoms with Gasteiger partial charge < -0.3 is 20.1 Å². The summed E-state index contributed by atoms with van der Waals surface area (Å²) in [5.74, 6) is -7.96. The minimum absolute atomic E-state index is 0.0596. The fraction of sp³-hybridized carbons (Fsp3) is 0.300. The molecule has 0 heterocycles. The highest BCUT2D eigenvalue weighted by Gasteiger charge is 2.56. The molecule has 39 heavy (non-hydrogen) atoms. The van der Waals surface area contributed by atoms with Crippen LogP contribution in [0.1, 0.15) is 35.4 Å². The van der Waals surface area contributed by atoms with Gasteiger partial charge in [0.2, 0.25) is 0 Å². The van der Waals surface area contributed by atoms with Crippen molar-refractivity contribution in [2.24, 2.45) is 5.92 Å². The Bertz CT molecular complexity index is 1330. The van der Waals surface area contributed by atoms with E-state index in [1.54, 1.807) is 30.3 Å². The molecule has 1 saturated carbocycles. The SMILES string of the molecule is O=C(O)CN(Cc1ccccc1)C(=O)C(F)(F)C(NC(=O)OCC1c2ccccc2-c2ccccc21)C1CC1. The van der Waals surface area contributed by atoms with Crippen LogP contribution in [-0.4, -0.2) is 53.1 Å². The van der Waals surface area contributed by atoms with Crippen molar-refractivity contribution in [2.75, 3.05) is 13.2 Å². The van der Waals surface area contributed by atoms with E-state index in [1.165, 1.54) is 0 Å². The molecular weight excluding hydrogens is 506 g/mol. The molecule has 0 spiro atoms. The lowest BCUT2D eigenvalue weighted by molar-refractivity contribution is -0.166. The highest BCUT2D eigenvalue weighted by Crippen LogP contribution is 2.45. The number of hydrogen-bond donors (Lipinski definition) is 2. The van der Waals surface area contributed by atoms with Gasteiger partial charge in [-0.15, -0.1) is 0 Å². The monoisotopic (exact) mass is 534 g/mol. The third kappa shape index (κ3) is 5.62. The zero-order valence-electron chi connectivity index (χ0n) is 21.1. The van der Waals surface area contributed by atoms with Gasteiger partial charge in [-0.3, -0.25) is 9.59 Å². The van der Waals surface area contributed by atoms with Gasteiger partial charge in [-0.25, -0.2) is 4.79 Å². The minimum Gasteiger partial charge on any atom is -0.480 e. The number of alkyl carbamates (subject to hydrolysis) is 1. The van der Waals surface area contributed by atoms with Gasteiger partial charge in [0.1, 0.15) is 19.2 Å². The van der Waals surface area contributed by atoms with Crippen LogP contribution in [0.2, 0.25) is 0 Å². The first-order chi connectivity index (χ1) is 18.8. The number of fused-ring (bicyclic) bond motifs is 3. The molecule has 1 fully saturated rings. The number of amides is 2. The predicted molar refractivity (Wildman–Crippen MR) is 139 cm³/mol. The summed E-state index contributed by atoms with van der Waals surface area (Å²) in [5, 5.41) is 11.5. The maximum atomic E-state index is 15.6. The van der Waals surface area contributed by atoms with Crippen LogP contribution in [0.25, 0.3) is 11.1 Å². The van der Waals surface area contributed by atoms with Crippen LogP contribution < -0.4 is 5.32 Å². The Labute approximate surface area is 224 Å². The number of carboxylic acid groups (broad SMARTS) is 1. The van der Waals surface area contributed by atoms with E-state index >= 15 is 8.78 Å². The van der Waals surface area contributed by atoms with E-state index in [1.807, 2.05) is 48.5 Å². The molecule has 202 valence electrons. The van der Waals surface area contributed by atoms with Crippen molar-refractivity contribution >= 4 is 18.0 Å². The Morgan fingerprint density at radius 3 is 2.05 bits per heavy atom. The van der Waals surface area contributed by atoms with E-state index in [4.69, 9.17) is 4.74 Å². The second-order valence-corrected chi connectivity index (χ2v) is 9.95. The summed E-state index contributed by atoms with van der Waals surface area (Å²) in [6, 6.07) is 22.0. The van der Waals surface area contributed by atoms with E-state index in [0.717, 1.165) is 22.3 Å². The molecule has 3 aromatic carbocycles. The number of ether oxygens (including phenoxy) is 1. The van der Waals surface area contributed by atoms with Crippen LogP contribution in [0.3, 0.4) is 0 Å². The standard InChI is InChI=1S/C30H28F2N2O5/c31-30(32,28(37)34(17-26(35)36)16-19-8-2-1-3-9-19)27(20-14-15-20)33-29(38)39-18-25-23-12-6-4-10-21(23)22-11-5-7-13-24(22)25/h1-13,20,25,27H,14-18H2,(H,33,38)(H,35,36). The van der Waals surface area contributed by atoms with Crippen molar-refractivity contribution in [3.63, 3.8) is 0 Å². The van der Waals surface area contributed by atoms with Crippen molar-refractivity contribution in [2.45, 2.75) is 37.3 Å². The number of halogens is 2. The predicted octanol–water partition coefficient (Wildman–Crippen LogP) is 5.05. The van der Waals surface area contributed by atoms with Gasteiger partial charge in [-0.1, -0.05) is 78.9 Å². The summed E-state index contributed by atoms with van der Waals surface area (Å²) >= 11 is 0. The molecule has 2 N–H and O–H groups in total. The van der Waals surface area contributed by atoms with Crippen molar-refractivity contribution in [1.29, 1.82) is 0 Å². The van der Waals surface area contributed by atoms with Crippen LogP contribution in [0.4, 0.5) is 13.6 Å². The Kier molecular flexibility index (Phi) is 7.32. The molecule has 0 aliphatic heterocycles. The molecule has 2 aliphatic carbocycles. The normalized spacial score (nSPS) is 15.1. The molecule has 0 aromatic heterocycles. The number of aliphatic carboxylic acids is 1. The first-order valence-corrected chi connectivity index (χ1v) is 12.8. The topological polar surface area (TPSA) is 95.9 Å². The van der Waals surface area contributed by atoms with E-state index in [9.17, 15) is 19.5 Å². The molecule has 2 aliphatic rings. The van der Waals surface area contributed by atoms with Crippen LogP contribution in [0.5, 0.6) is 0 Å². The third-order valence-electron chi connectivity index (χ3n) is 7.22. The van der Waals surface area contributed by atoms with Gasteiger partial charge in [0.15, 0.2) is 0 Å². The Morgan fingerprint density at radius 1 is 0.923 bits per heavy atom. The van der Waals surface area contributed by atoms with E-state index in [2.05, 4.69) is 5.32 Å². The number of carboxylic acids is 1. The number of rotatable bonds is 10. The zero-order chi connectivity index (χ0) is 27.6. The molecule has 1 atom stereocenters. The first kappa shape index (κ1) is 26.3. The van der Waals surface area contributed by atoms with Gasteiger partial charge in [0.05, 0.1) is 0 Å². The second kappa shape index (κ2) is 10.8. The number of nitrogens with one attached hydrogen (secondary N) is 1. The zero-order valence-corrected chi connectivity index (χ0v) is 21.1. The van der Waals surface area contributed by atoms with E-state index < -0.39 is 42.4 Å². The summed E-state index contributed by atoms with van der Waals surface area (Å²) in [7, 11) is 0. The number of alkyl halides is 2. The molecule has 1 unspecified atom stereocenters. The third-order valence-corrected chi connectivity index (χ3v) is 7.22.